The van der Waals surface area contributed by atoms with E-state index in [2.05, 4.69) is 39.8 Å². The fourth-order valence-electron chi connectivity index (χ4n) is 4.87. The Morgan fingerprint density at radius 3 is 2.72 bits per heavy atom. The molecule has 7 heteroatoms. The van der Waals surface area contributed by atoms with E-state index in [1.165, 1.54) is 0 Å². The third-order valence-corrected chi connectivity index (χ3v) is 6.69. The van der Waals surface area contributed by atoms with Gasteiger partial charge in [0, 0.05) is 17.8 Å². The van der Waals surface area contributed by atoms with Crippen LogP contribution in [-0.2, 0) is 6.42 Å². The molecule has 2 aliphatic carbocycles. The van der Waals surface area contributed by atoms with Gasteiger partial charge in [-0.3, -0.25) is 0 Å². The monoisotopic (exact) mass is 437 g/mol. The number of nitrogens with one attached hydrogen (secondary N) is 1. The minimum atomic E-state index is -1.13. The molecule has 168 valence electrons. The number of aromatic nitrogens is 4. The van der Waals surface area contributed by atoms with Crippen molar-refractivity contribution < 1.29 is 8.78 Å². The number of allylic oxidation sites excluding steroid dienone is 1. The quantitative estimate of drug-likeness (QED) is 0.538. The lowest BCUT2D eigenvalue weighted by molar-refractivity contribution is 0.0782. The van der Waals surface area contributed by atoms with Crippen LogP contribution in [0, 0.1) is 12.7 Å². The van der Waals surface area contributed by atoms with Crippen molar-refractivity contribution in [2.75, 3.05) is 11.9 Å². The molecule has 1 saturated carbocycles. The molecule has 1 N–H and O–H groups in total. The molecule has 1 aromatic carbocycles. The van der Waals surface area contributed by atoms with Gasteiger partial charge in [0.15, 0.2) is 5.82 Å². The van der Waals surface area contributed by atoms with Gasteiger partial charge in [-0.25, -0.2) is 23.7 Å². The normalized spacial score (nSPS) is 17.6. The summed E-state index contributed by atoms with van der Waals surface area (Å²) in [6.45, 7) is 6.31. The van der Waals surface area contributed by atoms with Gasteiger partial charge < -0.3 is 9.88 Å². The minimum Gasteiger partial charge on any atom is -0.351 e. The molecule has 32 heavy (non-hydrogen) atoms. The number of aryl methyl sites for hydroxylation is 2. The largest absolute Gasteiger partial charge is 0.351 e. The van der Waals surface area contributed by atoms with Crippen molar-refractivity contribution in [3.8, 4) is 0 Å². The molecule has 0 saturated heterocycles. The van der Waals surface area contributed by atoms with Crippen LogP contribution >= 0.6 is 0 Å². The van der Waals surface area contributed by atoms with Crippen LogP contribution < -0.4 is 5.32 Å². The Balaban J connectivity index is 1.52. The number of halogens is 2. The van der Waals surface area contributed by atoms with Gasteiger partial charge in [0.25, 0.3) is 0 Å². The van der Waals surface area contributed by atoms with Crippen LogP contribution in [0.1, 0.15) is 74.6 Å². The molecule has 1 fully saturated rings. The van der Waals surface area contributed by atoms with E-state index in [-0.39, 0.29) is 18.4 Å². The van der Waals surface area contributed by atoms with Gasteiger partial charge in [0.05, 0.1) is 17.8 Å². The minimum absolute atomic E-state index is 0.177. The molecule has 5 nitrogen and oxygen atoms in total. The van der Waals surface area contributed by atoms with Gasteiger partial charge in [-0.15, -0.1) is 0 Å². The number of hydrogen-bond donors (Lipinski definition) is 1. The fraction of sp³-hybridized carbons (Fsp3) is 0.480. The van der Waals surface area contributed by atoms with Crippen LogP contribution in [0.25, 0.3) is 16.6 Å². The second-order valence-corrected chi connectivity index (χ2v) is 9.37. The Hall–Kier alpha value is -2.83. The average molecular weight is 438 g/mol. The summed E-state index contributed by atoms with van der Waals surface area (Å²) >= 11 is 0. The lowest BCUT2D eigenvalue weighted by atomic mass is 9.82. The van der Waals surface area contributed by atoms with E-state index >= 15 is 4.39 Å². The molecule has 2 aliphatic rings. The summed E-state index contributed by atoms with van der Waals surface area (Å²) in [7, 11) is 0. The first-order valence-electron chi connectivity index (χ1n) is 11.5. The predicted octanol–water partition coefficient (Wildman–Crippen LogP) is 5.93. The maximum absolute atomic E-state index is 15.1. The SMILES string of the molecule is Cc1nc2c(F)cc(C3=CCCCc4nc(NCC5(F)CCC5)ncc43)cc2n1C(C)C. The highest BCUT2D eigenvalue weighted by Gasteiger charge is 2.36. The second-order valence-electron chi connectivity index (χ2n) is 9.37. The molecule has 0 bridgehead atoms. The number of imidazole rings is 1. The van der Waals surface area contributed by atoms with Crippen molar-refractivity contribution in [3.05, 3.63) is 52.9 Å². The van der Waals surface area contributed by atoms with E-state index in [0.717, 1.165) is 59.4 Å². The molecule has 0 amide bonds. The molecule has 0 atom stereocenters. The highest BCUT2D eigenvalue weighted by Crippen LogP contribution is 2.36. The van der Waals surface area contributed by atoms with Crippen LogP contribution in [0.3, 0.4) is 0 Å². The molecule has 0 aliphatic heterocycles. The summed E-state index contributed by atoms with van der Waals surface area (Å²) < 4.78 is 31.5. The summed E-state index contributed by atoms with van der Waals surface area (Å²) in [6, 6.07) is 3.77. The van der Waals surface area contributed by atoms with Gasteiger partial charge in [0.2, 0.25) is 5.95 Å². The Morgan fingerprint density at radius 1 is 1.19 bits per heavy atom. The maximum Gasteiger partial charge on any atom is 0.222 e. The van der Waals surface area contributed by atoms with Crippen LogP contribution in [0.15, 0.2) is 24.4 Å². The molecule has 0 spiro atoms. The number of anilines is 1. The van der Waals surface area contributed by atoms with E-state index < -0.39 is 5.67 Å². The third kappa shape index (κ3) is 3.67. The number of fused-ring (bicyclic) bond motifs is 2. The maximum atomic E-state index is 15.1. The number of hydrogen-bond acceptors (Lipinski definition) is 4. The fourth-order valence-corrected chi connectivity index (χ4v) is 4.87. The van der Waals surface area contributed by atoms with E-state index in [4.69, 9.17) is 4.98 Å². The van der Waals surface area contributed by atoms with Crippen molar-refractivity contribution in [2.24, 2.45) is 0 Å². The van der Waals surface area contributed by atoms with Gasteiger partial charge in [-0.2, -0.15) is 0 Å². The lowest BCUT2D eigenvalue weighted by Gasteiger charge is -2.33. The highest BCUT2D eigenvalue weighted by molar-refractivity contribution is 5.87. The van der Waals surface area contributed by atoms with Crippen LogP contribution in [-0.4, -0.2) is 31.7 Å². The summed E-state index contributed by atoms with van der Waals surface area (Å²) in [5, 5.41) is 3.08. The molecule has 2 heterocycles. The van der Waals surface area contributed by atoms with Crippen molar-refractivity contribution in [2.45, 2.75) is 71.0 Å². The molecular formula is C25H29F2N5. The van der Waals surface area contributed by atoms with Crippen molar-refractivity contribution >= 4 is 22.6 Å². The van der Waals surface area contributed by atoms with Gasteiger partial charge in [-0.1, -0.05) is 6.08 Å². The Labute approximate surface area is 187 Å². The van der Waals surface area contributed by atoms with E-state index in [1.807, 2.05) is 13.0 Å². The summed E-state index contributed by atoms with van der Waals surface area (Å²) in [6.07, 6.45) is 8.71. The molecule has 3 aromatic rings. The third-order valence-electron chi connectivity index (χ3n) is 6.69. The van der Waals surface area contributed by atoms with Crippen LogP contribution in [0.5, 0.6) is 0 Å². The first-order valence-corrected chi connectivity index (χ1v) is 11.5. The topological polar surface area (TPSA) is 55.6 Å². The van der Waals surface area contributed by atoms with Crippen molar-refractivity contribution in [1.82, 2.24) is 19.5 Å². The Morgan fingerprint density at radius 2 is 2.00 bits per heavy atom. The summed E-state index contributed by atoms with van der Waals surface area (Å²) in [5.74, 6) is 0.946. The van der Waals surface area contributed by atoms with Crippen LogP contribution in [0.2, 0.25) is 0 Å². The van der Waals surface area contributed by atoms with E-state index in [9.17, 15) is 4.39 Å². The highest BCUT2D eigenvalue weighted by atomic mass is 19.1. The first-order chi connectivity index (χ1) is 15.3. The number of rotatable bonds is 5. The number of nitrogens with zero attached hydrogens (tertiary/aromatic N) is 4. The number of alkyl halides is 1. The zero-order valence-corrected chi connectivity index (χ0v) is 18.9. The first kappa shape index (κ1) is 21.0. The average Bonchev–Trinajstić information content (AvgIpc) is 2.94. The molecule has 2 aromatic heterocycles. The molecule has 5 rings (SSSR count). The molecular weight excluding hydrogens is 408 g/mol. The molecule has 0 radical (unpaired) electrons. The van der Waals surface area contributed by atoms with Crippen molar-refractivity contribution in [3.63, 3.8) is 0 Å². The van der Waals surface area contributed by atoms with Gasteiger partial charge in [-0.05, 0) is 82.6 Å². The van der Waals surface area contributed by atoms with E-state index in [1.54, 1.807) is 12.3 Å². The zero-order valence-electron chi connectivity index (χ0n) is 18.9. The van der Waals surface area contributed by atoms with E-state index in [0.29, 0.717) is 24.3 Å². The summed E-state index contributed by atoms with van der Waals surface area (Å²) in [5.41, 5.74) is 3.65. The smallest absolute Gasteiger partial charge is 0.222 e. The number of benzene rings is 1. The van der Waals surface area contributed by atoms with Crippen LogP contribution in [0.4, 0.5) is 14.7 Å². The standard InChI is InChI=1S/C25H29F2N5/c1-15(2)32-16(3)30-23-20(26)11-17(12-22(23)32)18-7-4-5-8-21-19(18)13-28-24(31-21)29-14-25(27)9-6-10-25/h7,11-13,15H,4-6,8-10,14H2,1-3H3,(H,28,29,31). The Bertz CT molecular complexity index is 1210. The lowest BCUT2D eigenvalue weighted by Crippen LogP contribution is -2.39. The zero-order chi connectivity index (χ0) is 22.5. The van der Waals surface area contributed by atoms with Gasteiger partial charge in [0.1, 0.15) is 17.0 Å². The second kappa shape index (κ2) is 7.94. The molecule has 0 unspecified atom stereocenters. The summed E-state index contributed by atoms with van der Waals surface area (Å²) in [4.78, 5) is 13.6. The predicted molar refractivity (Wildman–Crippen MR) is 123 cm³/mol. The van der Waals surface area contributed by atoms with Gasteiger partial charge >= 0.3 is 0 Å². The Kier molecular flexibility index (Phi) is 5.22. The van der Waals surface area contributed by atoms with Crippen molar-refractivity contribution in [1.29, 1.82) is 0 Å².